The van der Waals surface area contributed by atoms with Gasteiger partial charge in [-0.05, 0) is 49.2 Å². The number of benzene rings is 2. The van der Waals surface area contributed by atoms with Gasteiger partial charge in [-0.2, -0.15) is 0 Å². The van der Waals surface area contributed by atoms with Crippen LogP contribution < -0.4 is 10.6 Å². The molecule has 8 heteroatoms. The number of carbonyl (C=O) groups is 3. The van der Waals surface area contributed by atoms with Crippen LogP contribution in [0.3, 0.4) is 0 Å². The van der Waals surface area contributed by atoms with Crippen molar-refractivity contribution < 1.29 is 14.4 Å². The zero-order valence-electron chi connectivity index (χ0n) is 19.5. The molecular weight excluding hydrogens is 430 g/mol. The Morgan fingerprint density at radius 1 is 1.00 bits per heavy atom. The lowest BCUT2D eigenvalue weighted by Gasteiger charge is -2.32. The Kier molecular flexibility index (Phi) is 6.34. The van der Waals surface area contributed by atoms with Gasteiger partial charge in [0.05, 0.1) is 6.54 Å². The average Bonchev–Trinajstić information content (AvgIpc) is 3.63. The molecule has 2 fully saturated rings. The first-order valence-electron chi connectivity index (χ1n) is 12.0. The zero-order valence-corrected chi connectivity index (χ0v) is 19.5. The van der Waals surface area contributed by atoms with Gasteiger partial charge in [0.2, 0.25) is 11.8 Å². The van der Waals surface area contributed by atoms with E-state index in [1.165, 1.54) is 0 Å². The number of anilines is 1. The van der Waals surface area contributed by atoms with E-state index in [2.05, 4.69) is 33.5 Å². The van der Waals surface area contributed by atoms with Gasteiger partial charge in [-0.1, -0.05) is 30.3 Å². The maximum absolute atomic E-state index is 13.1. The maximum atomic E-state index is 13.1. The molecule has 1 aliphatic carbocycles. The van der Waals surface area contributed by atoms with Crippen molar-refractivity contribution in [3.05, 3.63) is 65.2 Å². The molecule has 3 amide bonds. The van der Waals surface area contributed by atoms with Gasteiger partial charge >= 0.3 is 0 Å². The molecule has 0 spiro atoms. The third-order valence-electron chi connectivity index (χ3n) is 6.82. The minimum absolute atomic E-state index is 0.0973. The van der Waals surface area contributed by atoms with E-state index < -0.39 is 6.04 Å². The first kappa shape index (κ1) is 22.6. The summed E-state index contributed by atoms with van der Waals surface area (Å²) in [6.07, 6.45) is 1.82. The van der Waals surface area contributed by atoms with E-state index in [-0.39, 0.29) is 30.3 Å². The first-order chi connectivity index (χ1) is 16.5. The largest absolute Gasteiger partial charge is 0.345 e. The SMILES string of the molecule is CN1CCN(Cc2cccc(NC(=O)CNC(=O)C3c4ccccc4C(=O)N3C3CC3)c2)CC1. The van der Waals surface area contributed by atoms with Crippen LogP contribution >= 0.6 is 0 Å². The van der Waals surface area contributed by atoms with Gasteiger partial charge in [0.25, 0.3) is 5.91 Å². The molecule has 34 heavy (non-hydrogen) atoms. The fourth-order valence-corrected chi connectivity index (χ4v) is 4.81. The number of piperazine rings is 1. The second-order valence-electron chi connectivity index (χ2n) is 9.48. The van der Waals surface area contributed by atoms with Crippen LogP contribution in [0.2, 0.25) is 0 Å². The van der Waals surface area contributed by atoms with E-state index >= 15 is 0 Å². The molecule has 5 rings (SSSR count). The Morgan fingerprint density at radius 3 is 2.53 bits per heavy atom. The number of likely N-dealkylation sites (N-methyl/N-ethyl adjacent to an activating group) is 1. The van der Waals surface area contributed by atoms with Crippen molar-refractivity contribution in [1.82, 2.24) is 20.0 Å². The molecule has 8 nitrogen and oxygen atoms in total. The quantitative estimate of drug-likeness (QED) is 0.658. The van der Waals surface area contributed by atoms with Crippen molar-refractivity contribution in [3.8, 4) is 0 Å². The molecule has 1 atom stereocenters. The van der Waals surface area contributed by atoms with Crippen LogP contribution in [-0.2, 0) is 16.1 Å². The summed E-state index contributed by atoms with van der Waals surface area (Å²) >= 11 is 0. The van der Waals surface area contributed by atoms with Gasteiger partial charge in [-0.3, -0.25) is 19.3 Å². The highest BCUT2D eigenvalue weighted by atomic mass is 16.2. The molecule has 178 valence electrons. The van der Waals surface area contributed by atoms with Gasteiger partial charge in [0, 0.05) is 50.0 Å². The summed E-state index contributed by atoms with van der Waals surface area (Å²) in [5.74, 6) is -0.704. The molecule has 2 aromatic rings. The lowest BCUT2D eigenvalue weighted by molar-refractivity contribution is -0.127. The Balaban J connectivity index is 1.17. The van der Waals surface area contributed by atoms with Crippen molar-refractivity contribution in [1.29, 1.82) is 0 Å². The number of nitrogens with zero attached hydrogens (tertiary/aromatic N) is 3. The first-order valence-corrected chi connectivity index (χ1v) is 12.0. The van der Waals surface area contributed by atoms with Crippen LogP contribution in [0.15, 0.2) is 48.5 Å². The lowest BCUT2D eigenvalue weighted by atomic mass is 10.0. The normalized spacial score (nSPS) is 20.8. The highest BCUT2D eigenvalue weighted by Crippen LogP contribution is 2.41. The van der Waals surface area contributed by atoms with E-state index in [4.69, 9.17) is 0 Å². The number of rotatable bonds is 7. The molecule has 0 radical (unpaired) electrons. The van der Waals surface area contributed by atoms with E-state index in [0.717, 1.165) is 51.1 Å². The summed E-state index contributed by atoms with van der Waals surface area (Å²) < 4.78 is 0. The van der Waals surface area contributed by atoms with Gasteiger partial charge in [-0.15, -0.1) is 0 Å². The average molecular weight is 462 g/mol. The maximum Gasteiger partial charge on any atom is 0.255 e. The number of amides is 3. The Hall–Kier alpha value is -3.23. The third-order valence-corrected chi connectivity index (χ3v) is 6.82. The predicted octanol–water partition coefficient (Wildman–Crippen LogP) is 1.85. The molecule has 1 unspecified atom stereocenters. The summed E-state index contributed by atoms with van der Waals surface area (Å²) in [4.78, 5) is 44.9. The second-order valence-corrected chi connectivity index (χ2v) is 9.48. The van der Waals surface area contributed by atoms with Gasteiger partial charge in [-0.25, -0.2) is 0 Å². The van der Waals surface area contributed by atoms with E-state index in [0.29, 0.717) is 16.8 Å². The number of fused-ring (bicyclic) bond motifs is 1. The van der Waals surface area contributed by atoms with Crippen LogP contribution in [0.25, 0.3) is 0 Å². The highest BCUT2D eigenvalue weighted by Gasteiger charge is 2.47. The fourth-order valence-electron chi connectivity index (χ4n) is 4.81. The monoisotopic (exact) mass is 461 g/mol. The molecule has 3 aliphatic rings. The second kappa shape index (κ2) is 9.56. The molecule has 2 N–H and O–H groups in total. The molecule has 2 aliphatic heterocycles. The van der Waals surface area contributed by atoms with E-state index in [1.807, 2.05) is 36.4 Å². The van der Waals surface area contributed by atoms with Gasteiger partial charge in [0.1, 0.15) is 6.04 Å². The van der Waals surface area contributed by atoms with Crippen LogP contribution in [0.1, 0.15) is 40.4 Å². The van der Waals surface area contributed by atoms with Crippen molar-refractivity contribution in [2.45, 2.75) is 31.5 Å². The third kappa shape index (κ3) is 4.83. The molecule has 2 aromatic carbocycles. The van der Waals surface area contributed by atoms with Gasteiger partial charge in [0.15, 0.2) is 0 Å². The van der Waals surface area contributed by atoms with Crippen LogP contribution in [0.4, 0.5) is 5.69 Å². The van der Waals surface area contributed by atoms with Crippen molar-refractivity contribution in [2.75, 3.05) is 45.1 Å². The summed E-state index contributed by atoms with van der Waals surface area (Å²) in [7, 11) is 2.14. The minimum Gasteiger partial charge on any atom is -0.345 e. The smallest absolute Gasteiger partial charge is 0.255 e. The Bertz CT molecular complexity index is 1090. The summed E-state index contributed by atoms with van der Waals surface area (Å²) in [6, 6.07) is 14.5. The molecule has 1 saturated heterocycles. The molecule has 2 heterocycles. The summed E-state index contributed by atoms with van der Waals surface area (Å²) in [5.41, 5.74) is 3.16. The molecule has 1 saturated carbocycles. The van der Waals surface area contributed by atoms with Crippen LogP contribution in [-0.4, -0.2) is 78.2 Å². The zero-order chi connectivity index (χ0) is 23.7. The Morgan fingerprint density at radius 2 is 1.76 bits per heavy atom. The van der Waals surface area contributed by atoms with Crippen LogP contribution in [0, 0.1) is 0 Å². The van der Waals surface area contributed by atoms with Gasteiger partial charge < -0.3 is 20.4 Å². The standard InChI is InChI=1S/C26H31N5O3/c1-29-11-13-30(14-12-29)17-18-5-4-6-19(15-18)28-23(32)16-27-25(33)24-21-7-2-3-8-22(21)26(34)31(24)20-9-10-20/h2-8,15,20,24H,9-14,16-17H2,1H3,(H,27,33)(H,28,32). The number of hydrogen-bond acceptors (Lipinski definition) is 5. The highest BCUT2D eigenvalue weighted by molar-refractivity contribution is 6.05. The summed E-state index contributed by atoms with van der Waals surface area (Å²) in [6.45, 7) is 4.89. The van der Waals surface area contributed by atoms with E-state index in [9.17, 15) is 14.4 Å². The number of hydrogen-bond donors (Lipinski definition) is 2. The van der Waals surface area contributed by atoms with Crippen molar-refractivity contribution in [3.63, 3.8) is 0 Å². The van der Waals surface area contributed by atoms with E-state index in [1.54, 1.807) is 11.0 Å². The molecule has 0 aromatic heterocycles. The Labute approximate surface area is 199 Å². The number of nitrogens with one attached hydrogen (secondary N) is 2. The lowest BCUT2D eigenvalue weighted by Crippen LogP contribution is -2.43. The predicted molar refractivity (Wildman–Crippen MR) is 129 cm³/mol. The van der Waals surface area contributed by atoms with Crippen LogP contribution in [0.5, 0.6) is 0 Å². The van der Waals surface area contributed by atoms with Crippen molar-refractivity contribution >= 4 is 23.4 Å². The fraction of sp³-hybridized carbons (Fsp3) is 0.423. The topological polar surface area (TPSA) is 85.0 Å². The summed E-state index contributed by atoms with van der Waals surface area (Å²) in [5, 5.41) is 5.63. The number of carbonyl (C=O) groups excluding carboxylic acids is 3. The molecular formula is C26H31N5O3. The molecule has 0 bridgehead atoms. The van der Waals surface area contributed by atoms with Crippen molar-refractivity contribution in [2.24, 2.45) is 0 Å². The minimum atomic E-state index is -0.670.